The molecule has 4 unspecified atom stereocenters. The monoisotopic (exact) mass is 294 g/mol. The van der Waals surface area contributed by atoms with E-state index in [1.54, 1.807) is 0 Å². The SMILES string of the molecule is CCCC1NC(=O)C(C)N(C2CCCCC2C(C)C)C1=O. The first kappa shape index (κ1) is 16.3. The Labute approximate surface area is 128 Å². The molecule has 0 aromatic heterocycles. The van der Waals surface area contributed by atoms with Gasteiger partial charge in [0, 0.05) is 6.04 Å². The van der Waals surface area contributed by atoms with Gasteiger partial charge in [-0.15, -0.1) is 0 Å². The van der Waals surface area contributed by atoms with Gasteiger partial charge >= 0.3 is 0 Å². The molecule has 21 heavy (non-hydrogen) atoms. The Hall–Kier alpha value is -1.06. The van der Waals surface area contributed by atoms with Crippen LogP contribution in [0.15, 0.2) is 0 Å². The second kappa shape index (κ2) is 6.80. The molecule has 4 nitrogen and oxygen atoms in total. The standard InChI is InChI=1S/C17H30N2O2/c1-5-8-14-17(21)19(12(4)16(20)18-14)15-10-7-6-9-13(15)11(2)3/h11-15H,5-10H2,1-4H3,(H,18,20). The van der Waals surface area contributed by atoms with Crippen LogP contribution in [0.3, 0.4) is 0 Å². The molecule has 2 aliphatic rings. The minimum atomic E-state index is -0.324. The lowest BCUT2D eigenvalue weighted by atomic mass is 9.76. The van der Waals surface area contributed by atoms with Gasteiger partial charge in [0.25, 0.3) is 0 Å². The molecule has 1 aliphatic carbocycles. The second-order valence-corrected chi connectivity index (χ2v) is 7.03. The zero-order chi connectivity index (χ0) is 15.6. The fourth-order valence-electron chi connectivity index (χ4n) is 4.05. The van der Waals surface area contributed by atoms with E-state index in [2.05, 4.69) is 26.1 Å². The summed E-state index contributed by atoms with van der Waals surface area (Å²) in [6.07, 6.45) is 6.30. The number of rotatable bonds is 4. The molecule has 1 N–H and O–H groups in total. The van der Waals surface area contributed by atoms with Crippen LogP contribution in [0.1, 0.15) is 66.2 Å². The number of carbonyl (C=O) groups excluding carboxylic acids is 2. The summed E-state index contributed by atoms with van der Waals surface area (Å²) >= 11 is 0. The van der Waals surface area contributed by atoms with E-state index >= 15 is 0 Å². The van der Waals surface area contributed by atoms with Gasteiger partial charge < -0.3 is 10.2 Å². The summed E-state index contributed by atoms with van der Waals surface area (Å²) in [4.78, 5) is 27.0. The van der Waals surface area contributed by atoms with Crippen LogP contribution in [-0.4, -0.2) is 34.8 Å². The van der Waals surface area contributed by atoms with E-state index < -0.39 is 0 Å². The maximum absolute atomic E-state index is 12.9. The molecule has 4 atom stereocenters. The fraction of sp³-hybridized carbons (Fsp3) is 0.882. The summed E-state index contributed by atoms with van der Waals surface area (Å²) in [5.41, 5.74) is 0. The Kier molecular flexibility index (Phi) is 5.28. The van der Waals surface area contributed by atoms with E-state index in [1.165, 1.54) is 19.3 Å². The zero-order valence-electron chi connectivity index (χ0n) is 13.9. The molecule has 2 amide bonds. The largest absolute Gasteiger partial charge is 0.343 e. The first-order chi connectivity index (χ1) is 9.97. The lowest BCUT2D eigenvalue weighted by molar-refractivity contribution is -0.154. The van der Waals surface area contributed by atoms with E-state index in [9.17, 15) is 9.59 Å². The molecule has 0 bridgehead atoms. The Morgan fingerprint density at radius 1 is 1.24 bits per heavy atom. The van der Waals surface area contributed by atoms with Crippen molar-refractivity contribution >= 4 is 11.8 Å². The molecule has 0 aromatic rings. The molecule has 120 valence electrons. The van der Waals surface area contributed by atoms with Gasteiger partial charge in [-0.25, -0.2) is 0 Å². The van der Waals surface area contributed by atoms with Crippen molar-refractivity contribution in [3.63, 3.8) is 0 Å². The summed E-state index contributed by atoms with van der Waals surface area (Å²) in [7, 11) is 0. The van der Waals surface area contributed by atoms with Gasteiger partial charge in [-0.05, 0) is 38.0 Å². The quantitative estimate of drug-likeness (QED) is 0.866. The Balaban J connectivity index is 2.24. The summed E-state index contributed by atoms with van der Waals surface area (Å²) in [5.74, 6) is 1.24. The molecule has 0 spiro atoms. The van der Waals surface area contributed by atoms with Crippen LogP contribution in [0.5, 0.6) is 0 Å². The predicted octanol–water partition coefficient (Wildman–Crippen LogP) is 2.72. The van der Waals surface area contributed by atoms with Crippen molar-refractivity contribution in [1.29, 1.82) is 0 Å². The highest BCUT2D eigenvalue weighted by Gasteiger charge is 2.44. The van der Waals surface area contributed by atoms with Gasteiger partial charge in [-0.3, -0.25) is 9.59 Å². The number of hydrogen-bond donors (Lipinski definition) is 1. The predicted molar refractivity (Wildman–Crippen MR) is 83.7 cm³/mol. The molecule has 1 aliphatic heterocycles. The van der Waals surface area contributed by atoms with Crippen molar-refractivity contribution in [3.8, 4) is 0 Å². The third-order valence-corrected chi connectivity index (χ3v) is 5.24. The molecular formula is C17H30N2O2. The van der Waals surface area contributed by atoms with Gasteiger partial charge in [-0.1, -0.05) is 40.0 Å². The van der Waals surface area contributed by atoms with Crippen LogP contribution in [0.25, 0.3) is 0 Å². The van der Waals surface area contributed by atoms with Crippen LogP contribution < -0.4 is 5.32 Å². The number of carbonyl (C=O) groups is 2. The molecule has 2 rings (SSSR count). The Morgan fingerprint density at radius 3 is 2.52 bits per heavy atom. The maximum Gasteiger partial charge on any atom is 0.246 e. The minimum Gasteiger partial charge on any atom is -0.343 e. The molecule has 1 heterocycles. The Morgan fingerprint density at radius 2 is 1.90 bits per heavy atom. The summed E-state index contributed by atoms with van der Waals surface area (Å²) in [5, 5.41) is 2.90. The van der Waals surface area contributed by atoms with E-state index in [0.29, 0.717) is 11.8 Å². The maximum atomic E-state index is 12.9. The number of hydrogen-bond acceptors (Lipinski definition) is 2. The highest BCUT2D eigenvalue weighted by Crippen LogP contribution is 2.35. The van der Waals surface area contributed by atoms with Gasteiger partial charge in [0.05, 0.1) is 0 Å². The number of piperazine rings is 1. The van der Waals surface area contributed by atoms with Crippen LogP contribution in [0, 0.1) is 11.8 Å². The van der Waals surface area contributed by atoms with Crippen molar-refractivity contribution < 1.29 is 9.59 Å². The molecule has 2 fully saturated rings. The van der Waals surface area contributed by atoms with E-state index in [4.69, 9.17) is 0 Å². The lowest BCUT2D eigenvalue weighted by Gasteiger charge is -2.47. The van der Waals surface area contributed by atoms with E-state index in [1.807, 2.05) is 11.8 Å². The molecule has 4 heteroatoms. The third-order valence-electron chi connectivity index (χ3n) is 5.24. The normalized spacial score (nSPS) is 34.2. The molecule has 1 saturated heterocycles. The topological polar surface area (TPSA) is 49.4 Å². The van der Waals surface area contributed by atoms with Crippen LogP contribution >= 0.6 is 0 Å². The summed E-state index contributed by atoms with van der Waals surface area (Å²) < 4.78 is 0. The molecule has 0 aromatic carbocycles. The molecule has 1 saturated carbocycles. The van der Waals surface area contributed by atoms with E-state index in [-0.39, 0.29) is 29.9 Å². The second-order valence-electron chi connectivity index (χ2n) is 7.03. The lowest BCUT2D eigenvalue weighted by Crippen LogP contribution is -2.66. The van der Waals surface area contributed by atoms with Crippen molar-refractivity contribution in [1.82, 2.24) is 10.2 Å². The number of amides is 2. The van der Waals surface area contributed by atoms with Crippen LogP contribution in [-0.2, 0) is 9.59 Å². The van der Waals surface area contributed by atoms with Gasteiger partial charge in [0.15, 0.2) is 0 Å². The Bertz CT molecular complexity index is 394. The average molecular weight is 294 g/mol. The highest BCUT2D eigenvalue weighted by molar-refractivity contribution is 5.96. The van der Waals surface area contributed by atoms with Gasteiger partial charge in [0.2, 0.25) is 11.8 Å². The van der Waals surface area contributed by atoms with Crippen molar-refractivity contribution in [2.24, 2.45) is 11.8 Å². The number of nitrogens with zero attached hydrogens (tertiary/aromatic N) is 1. The van der Waals surface area contributed by atoms with Crippen LogP contribution in [0.2, 0.25) is 0 Å². The number of nitrogens with one attached hydrogen (secondary N) is 1. The molecule has 0 radical (unpaired) electrons. The van der Waals surface area contributed by atoms with Crippen molar-refractivity contribution in [2.75, 3.05) is 0 Å². The smallest absolute Gasteiger partial charge is 0.246 e. The van der Waals surface area contributed by atoms with Crippen LogP contribution in [0.4, 0.5) is 0 Å². The minimum absolute atomic E-state index is 0.0149. The van der Waals surface area contributed by atoms with Gasteiger partial charge in [0.1, 0.15) is 12.1 Å². The van der Waals surface area contributed by atoms with E-state index in [0.717, 1.165) is 19.3 Å². The zero-order valence-corrected chi connectivity index (χ0v) is 13.9. The first-order valence-corrected chi connectivity index (χ1v) is 8.59. The van der Waals surface area contributed by atoms with Crippen molar-refractivity contribution in [3.05, 3.63) is 0 Å². The summed E-state index contributed by atoms with van der Waals surface area (Å²) in [6, 6.07) is -0.393. The third kappa shape index (κ3) is 3.24. The van der Waals surface area contributed by atoms with Crippen molar-refractivity contribution in [2.45, 2.75) is 84.3 Å². The fourth-order valence-corrected chi connectivity index (χ4v) is 4.05. The first-order valence-electron chi connectivity index (χ1n) is 8.59. The highest BCUT2D eigenvalue weighted by atomic mass is 16.2. The summed E-state index contributed by atoms with van der Waals surface area (Å²) in [6.45, 7) is 8.41. The molecular weight excluding hydrogens is 264 g/mol. The average Bonchev–Trinajstić information content (AvgIpc) is 2.45. The van der Waals surface area contributed by atoms with Gasteiger partial charge in [-0.2, -0.15) is 0 Å².